The summed E-state index contributed by atoms with van der Waals surface area (Å²) in [5, 5.41) is 3.01. The van der Waals surface area contributed by atoms with Crippen LogP contribution in [0.4, 0.5) is 4.39 Å². The van der Waals surface area contributed by atoms with Crippen LogP contribution < -0.4 is 5.32 Å². The molecule has 0 spiro atoms. The molecular weight excluding hydrogens is 285 g/mol. The van der Waals surface area contributed by atoms with E-state index in [4.69, 9.17) is 0 Å². The third-order valence-corrected chi connectivity index (χ3v) is 4.15. The summed E-state index contributed by atoms with van der Waals surface area (Å²) in [6, 6.07) is 6.30. The molecule has 1 N–H and O–H groups in total. The maximum absolute atomic E-state index is 12.7. The molecule has 0 heterocycles. The highest BCUT2D eigenvalue weighted by Crippen LogP contribution is 2.25. The highest BCUT2D eigenvalue weighted by atomic mass is 79.9. The average molecular weight is 300 g/mol. The number of carbonyl (C=O) groups is 1. The van der Waals surface area contributed by atoms with Crippen LogP contribution in [0, 0.1) is 5.82 Å². The van der Waals surface area contributed by atoms with Crippen LogP contribution in [0.3, 0.4) is 0 Å². The van der Waals surface area contributed by atoms with Crippen LogP contribution in [-0.4, -0.2) is 16.8 Å². The Balaban J connectivity index is 1.86. The van der Waals surface area contributed by atoms with Crippen molar-refractivity contribution >= 4 is 21.8 Å². The fourth-order valence-electron chi connectivity index (χ4n) is 2.12. The van der Waals surface area contributed by atoms with Crippen molar-refractivity contribution in [2.75, 3.05) is 0 Å². The Bertz CT molecular complexity index is 393. The van der Waals surface area contributed by atoms with E-state index in [9.17, 15) is 9.18 Å². The van der Waals surface area contributed by atoms with Gasteiger partial charge in [0.25, 0.3) is 0 Å². The van der Waals surface area contributed by atoms with Gasteiger partial charge in [-0.15, -0.1) is 0 Å². The van der Waals surface area contributed by atoms with Crippen molar-refractivity contribution in [2.24, 2.45) is 0 Å². The van der Waals surface area contributed by atoms with Crippen LogP contribution in [0.2, 0.25) is 0 Å². The molecule has 2 nitrogen and oxygen atoms in total. The molecule has 92 valence electrons. The number of benzene rings is 1. The molecule has 1 saturated carbocycles. The van der Waals surface area contributed by atoms with E-state index in [-0.39, 0.29) is 17.8 Å². The molecule has 1 fully saturated rings. The number of hydrogen-bond donors (Lipinski definition) is 1. The van der Waals surface area contributed by atoms with Gasteiger partial charge in [0.15, 0.2) is 0 Å². The lowest BCUT2D eigenvalue weighted by molar-refractivity contribution is -0.121. The summed E-state index contributed by atoms with van der Waals surface area (Å²) in [4.78, 5) is 12.2. The quantitative estimate of drug-likeness (QED) is 0.855. The second-order valence-corrected chi connectivity index (χ2v) is 5.60. The normalized spacial score (nSPS) is 23.6. The monoisotopic (exact) mass is 299 g/mol. The summed E-state index contributed by atoms with van der Waals surface area (Å²) in [7, 11) is 0. The number of halogens is 2. The number of rotatable bonds is 3. The van der Waals surface area contributed by atoms with Gasteiger partial charge < -0.3 is 5.32 Å². The minimum atomic E-state index is -0.273. The van der Waals surface area contributed by atoms with Crippen molar-refractivity contribution in [1.29, 1.82) is 0 Å². The standard InChI is InChI=1S/C13H15BrFNO/c14-11-2-1-3-12(11)16-13(17)8-9-4-6-10(15)7-5-9/h4-7,11-12H,1-3,8H2,(H,16,17). The number of carbonyl (C=O) groups excluding carboxylic acids is 1. The molecule has 1 aliphatic rings. The highest BCUT2D eigenvalue weighted by Gasteiger charge is 2.25. The first kappa shape index (κ1) is 12.6. The molecule has 1 aliphatic carbocycles. The summed E-state index contributed by atoms with van der Waals surface area (Å²) >= 11 is 3.56. The van der Waals surface area contributed by atoms with Crippen LogP contribution in [0.1, 0.15) is 24.8 Å². The molecule has 1 amide bonds. The van der Waals surface area contributed by atoms with Gasteiger partial charge in [-0.3, -0.25) is 4.79 Å². The Hall–Kier alpha value is -0.900. The zero-order chi connectivity index (χ0) is 12.3. The third-order valence-electron chi connectivity index (χ3n) is 3.06. The van der Waals surface area contributed by atoms with E-state index in [1.54, 1.807) is 12.1 Å². The lowest BCUT2D eigenvalue weighted by atomic mass is 10.1. The first-order valence-electron chi connectivity index (χ1n) is 5.83. The summed E-state index contributed by atoms with van der Waals surface area (Å²) in [6.07, 6.45) is 3.61. The molecule has 0 aromatic heterocycles. The van der Waals surface area contributed by atoms with Crippen LogP contribution in [0.15, 0.2) is 24.3 Å². The zero-order valence-electron chi connectivity index (χ0n) is 9.46. The smallest absolute Gasteiger partial charge is 0.224 e. The SMILES string of the molecule is O=C(Cc1ccc(F)cc1)NC1CCCC1Br. The van der Waals surface area contributed by atoms with Crippen molar-refractivity contribution in [1.82, 2.24) is 5.32 Å². The van der Waals surface area contributed by atoms with Gasteiger partial charge in [0.1, 0.15) is 5.82 Å². The Morgan fingerprint density at radius 2 is 2.06 bits per heavy atom. The Morgan fingerprint density at radius 1 is 1.35 bits per heavy atom. The number of hydrogen-bond acceptors (Lipinski definition) is 1. The van der Waals surface area contributed by atoms with E-state index >= 15 is 0 Å². The van der Waals surface area contributed by atoms with Crippen LogP contribution in [0.25, 0.3) is 0 Å². The zero-order valence-corrected chi connectivity index (χ0v) is 11.0. The molecule has 0 radical (unpaired) electrons. The molecule has 2 atom stereocenters. The average Bonchev–Trinajstić information content (AvgIpc) is 2.68. The van der Waals surface area contributed by atoms with E-state index in [1.807, 2.05) is 0 Å². The Morgan fingerprint density at radius 3 is 2.65 bits per heavy atom. The molecule has 0 saturated heterocycles. The van der Waals surface area contributed by atoms with Gasteiger partial charge in [0.05, 0.1) is 6.42 Å². The maximum atomic E-state index is 12.7. The second-order valence-electron chi connectivity index (χ2n) is 4.42. The Kier molecular flexibility index (Phi) is 4.15. The van der Waals surface area contributed by atoms with Gasteiger partial charge in [-0.05, 0) is 30.5 Å². The van der Waals surface area contributed by atoms with Crippen LogP contribution >= 0.6 is 15.9 Å². The van der Waals surface area contributed by atoms with Gasteiger partial charge in [0.2, 0.25) is 5.91 Å². The van der Waals surface area contributed by atoms with Crippen molar-refractivity contribution in [3.8, 4) is 0 Å². The molecule has 4 heteroatoms. The summed E-state index contributed by atoms with van der Waals surface area (Å²) in [5.41, 5.74) is 0.841. The van der Waals surface area contributed by atoms with E-state index in [0.717, 1.165) is 24.8 Å². The first-order valence-corrected chi connectivity index (χ1v) is 6.74. The van der Waals surface area contributed by atoms with E-state index in [0.29, 0.717) is 11.2 Å². The van der Waals surface area contributed by atoms with Crippen molar-refractivity contribution in [2.45, 2.75) is 36.6 Å². The predicted molar refractivity (Wildman–Crippen MR) is 68.6 cm³/mol. The highest BCUT2D eigenvalue weighted by molar-refractivity contribution is 9.09. The lowest BCUT2D eigenvalue weighted by Gasteiger charge is -2.16. The molecule has 1 aromatic rings. The van der Waals surface area contributed by atoms with E-state index < -0.39 is 0 Å². The minimum absolute atomic E-state index is 0.00737. The van der Waals surface area contributed by atoms with Gasteiger partial charge in [0, 0.05) is 10.9 Å². The number of alkyl halides is 1. The third kappa shape index (κ3) is 3.53. The molecule has 0 aliphatic heterocycles. The number of amides is 1. The van der Waals surface area contributed by atoms with Gasteiger partial charge >= 0.3 is 0 Å². The Labute approximate surface area is 109 Å². The largest absolute Gasteiger partial charge is 0.352 e. The first-order chi connectivity index (χ1) is 8.15. The van der Waals surface area contributed by atoms with E-state index in [1.165, 1.54) is 12.1 Å². The van der Waals surface area contributed by atoms with Crippen molar-refractivity contribution in [3.05, 3.63) is 35.6 Å². The van der Waals surface area contributed by atoms with Crippen LogP contribution in [0.5, 0.6) is 0 Å². The molecular formula is C13H15BrFNO. The lowest BCUT2D eigenvalue weighted by Crippen LogP contribution is -2.38. The predicted octanol–water partition coefficient (Wildman–Crippen LogP) is 2.80. The number of nitrogens with one attached hydrogen (secondary N) is 1. The minimum Gasteiger partial charge on any atom is -0.352 e. The summed E-state index contributed by atoms with van der Waals surface area (Å²) in [6.45, 7) is 0. The van der Waals surface area contributed by atoms with Crippen LogP contribution in [-0.2, 0) is 11.2 Å². The molecule has 0 bridgehead atoms. The molecule has 17 heavy (non-hydrogen) atoms. The fraction of sp³-hybridized carbons (Fsp3) is 0.462. The summed E-state index contributed by atoms with van der Waals surface area (Å²) in [5.74, 6) is -0.265. The van der Waals surface area contributed by atoms with E-state index in [2.05, 4.69) is 21.2 Å². The van der Waals surface area contributed by atoms with Crippen molar-refractivity contribution in [3.63, 3.8) is 0 Å². The van der Waals surface area contributed by atoms with Gasteiger partial charge in [-0.2, -0.15) is 0 Å². The van der Waals surface area contributed by atoms with Gasteiger partial charge in [-0.1, -0.05) is 34.5 Å². The van der Waals surface area contributed by atoms with Gasteiger partial charge in [-0.25, -0.2) is 4.39 Å². The molecule has 2 unspecified atom stereocenters. The summed E-state index contributed by atoms with van der Waals surface area (Å²) < 4.78 is 12.7. The second kappa shape index (κ2) is 5.63. The fourth-order valence-corrected chi connectivity index (χ4v) is 2.84. The van der Waals surface area contributed by atoms with Crippen molar-refractivity contribution < 1.29 is 9.18 Å². The molecule has 2 rings (SSSR count). The molecule has 1 aromatic carbocycles. The topological polar surface area (TPSA) is 29.1 Å². The maximum Gasteiger partial charge on any atom is 0.224 e.